The highest BCUT2D eigenvalue weighted by Crippen LogP contribution is 2.17. The van der Waals surface area contributed by atoms with E-state index < -0.39 is 16.9 Å². The number of nitrogens with one attached hydrogen (secondary N) is 1. The molecule has 1 atom stereocenters. The van der Waals surface area contributed by atoms with Gasteiger partial charge in [0.1, 0.15) is 8.24 Å². The molecular formula is C8H24N2OSi2. The molecule has 1 N–H and O–H groups in total. The van der Waals surface area contributed by atoms with Crippen molar-refractivity contribution in [1.29, 1.82) is 0 Å². The molecule has 3 nitrogen and oxygen atoms in total. The molecule has 13 heavy (non-hydrogen) atoms. The number of rotatable bonds is 5. The lowest BCUT2D eigenvalue weighted by molar-refractivity contribution is 0.335. The first-order chi connectivity index (χ1) is 5.81. The maximum Gasteiger partial charge on any atom is 0.344 e. The predicted molar refractivity (Wildman–Crippen MR) is 63.4 cm³/mol. The molecule has 0 aliphatic rings. The summed E-state index contributed by atoms with van der Waals surface area (Å²) in [5.41, 5.74) is 0. The van der Waals surface area contributed by atoms with Crippen LogP contribution in [0.25, 0.3) is 0 Å². The van der Waals surface area contributed by atoms with Gasteiger partial charge in [0.15, 0.2) is 0 Å². The molecule has 0 fully saturated rings. The molecule has 1 unspecified atom stereocenters. The van der Waals surface area contributed by atoms with Crippen molar-refractivity contribution in [1.82, 2.24) is 9.21 Å². The summed E-state index contributed by atoms with van der Waals surface area (Å²) < 4.78 is 8.21. The van der Waals surface area contributed by atoms with E-state index in [1.165, 1.54) is 0 Å². The Hall–Kier alpha value is 0.314. The molecule has 0 heterocycles. The minimum atomic E-state index is -1.82. The first-order valence-electron chi connectivity index (χ1n) is 4.83. The van der Waals surface area contributed by atoms with E-state index in [2.05, 4.69) is 42.3 Å². The van der Waals surface area contributed by atoms with Crippen LogP contribution >= 0.6 is 0 Å². The molecule has 0 aliphatic heterocycles. The van der Waals surface area contributed by atoms with E-state index in [4.69, 9.17) is 4.43 Å². The average Bonchev–Trinajstić information content (AvgIpc) is 2.02. The van der Waals surface area contributed by atoms with Crippen LogP contribution in [0.2, 0.25) is 26.2 Å². The standard InChI is InChI=1S/C8H24N2OSi2/c1-8-10(12(4,5)6)13(7,9-2)11-3/h9H,8H2,1-7H3. The number of nitrogens with zero attached hydrogens (tertiary/aromatic N) is 1. The Morgan fingerprint density at radius 2 is 1.69 bits per heavy atom. The molecule has 0 radical (unpaired) electrons. The molecule has 0 saturated heterocycles. The lowest BCUT2D eigenvalue weighted by Gasteiger charge is -2.44. The smallest absolute Gasteiger partial charge is 0.344 e. The van der Waals surface area contributed by atoms with Crippen LogP contribution in [0.4, 0.5) is 0 Å². The first kappa shape index (κ1) is 13.3. The van der Waals surface area contributed by atoms with E-state index in [-0.39, 0.29) is 0 Å². The van der Waals surface area contributed by atoms with E-state index in [9.17, 15) is 0 Å². The van der Waals surface area contributed by atoms with Gasteiger partial charge in [0.2, 0.25) is 0 Å². The zero-order valence-corrected chi connectivity index (χ0v) is 12.1. The molecule has 0 saturated carbocycles. The van der Waals surface area contributed by atoms with Gasteiger partial charge >= 0.3 is 8.64 Å². The third-order valence-electron chi connectivity index (χ3n) is 2.50. The summed E-state index contributed by atoms with van der Waals surface area (Å²) in [4.78, 5) is 3.36. The van der Waals surface area contributed by atoms with Crippen molar-refractivity contribution in [2.45, 2.75) is 33.1 Å². The molecule has 5 heteroatoms. The van der Waals surface area contributed by atoms with Gasteiger partial charge in [-0.05, 0) is 20.1 Å². The van der Waals surface area contributed by atoms with Gasteiger partial charge in [0, 0.05) is 7.11 Å². The van der Waals surface area contributed by atoms with E-state index in [0.29, 0.717) is 0 Å². The Kier molecular flexibility index (Phi) is 4.81. The highest BCUT2D eigenvalue weighted by Gasteiger charge is 2.41. The van der Waals surface area contributed by atoms with Gasteiger partial charge in [-0.25, -0.2) is 0 Å². The number of hydrogen-bond donors (Lipinski definition) is 1. The molecule has 0 amide bonds. The van der Waals surface area contributed by atoms with Gasteiger partial charge in [0.05, 0.1) is 0 Å². The lowest BCUT2D eigenvalue weighted by Crippen LogP contribution is -2.69. The lowest BCUT2D eigenvalue weighted by atomic mass is 10.8. The van der Waals surface area contributed by atoms with Crippen molar-refractivity contribution in [2.24, 2.45) is 0 Å². The van der Waals surface area contributed by atoms with Crippen LogP contribution in [0, 0.1) is 0 Å². The van der Waals surface area contributed by atoms with Crippen molar-refractivity contribution in [3.8, 4) is 0 Å². The Bertz CT molecular complexity index is 155. The fourth-order valence-corrected chi connectivity index (χ4v) is 9.74. The largest absolute Gasteiger partial charge is 0.395 e. The average molecular weight is 220 g/mol. The second-order valence-electron chi connectivity index (χ2n) is 4.35. The van der Waals surface area contributed by atoms with Crippen LogP contribution < -0.4 is 4.98 Å². The van der Waals surface area contributed by atoms with E-state index in [1.54, 1.807) is 0 Å². The maximum absolute atomic E-state index is 5.65. The highest BCUT2D eigenvalue weighted by atomic mass is 28.4. The Balaban J connectivity index is 4.74. The van der Waals surface area contributed by atoms with Gasteiger partial charge in [-0.2, -0.15) is 0 Å². The van der Waals surface area contributed by atoms with Crippen molar-refractivity contribution < 1.29 is 4.43 Å². The topological polar surface area (TPSA) is 24.5 Å². The summed E-state index contributed by atoms with van der Waals surface area (Å²) in [5, 5.41) is 0. The molecular weight excluding hydrogens is 196 g/mol. The Labute approximate surface area is 84.8 Å². The highest BCUT2D eigenvalue weighted by molar-refractivity contribution is 6.86. The fourth-order valence-electron chi connectivity index (χ4n) is 1.76. The van der Waals surface area contributed by atoms with Crippen molar-refractivity contribution in [3.05, 3.63) is 0 Å². The third kappa shape index (κ3) is 3.17. The molecule has 0 aromatic carbocycles. The van der Waals surface area contributed by atoms with Gasteiger partial charge in [-0.3, -0.25) is 0 Å². The zero-order chi connectivity index (χ0) is 10.7. The normalized spacial score (nSPS) is 17.5. The van der Waals surface area contributed by atoms with Crippen LogP contribution in [0.5, 0.6) is 0 Å². The van der Waals surface area contributed by atoms with Crippen LogP contribution in [0.1, 0.15) is 6.92 Å². The van der Waals surface area contributed by atoms with Crippen molar-refractivity contribution in [2.75, 3.05) is 20.7 Å². The van der Waals surface area contributed by atoms with Crippen molar-refractivity contribution in [3.63, 3.8) is 0 Å². The molecule has 0 aromatic heterocycles. The summed E-state index contributed by atoms with van der Waals surface area (Å²) in [6.07, 6.45) is 0. The maximum atomic E-state index is 5.65. The molecule has 0 aliphatic carbocycles. The van der Waals surface area contributed by atoms with Crippen LogP contribution in [-0.2, 0) is 4.43 Å². The quantitative estimate of drug-likeness (QED) is 0.712. The summed E-state index contributed by atoms with van der Waals surface area (Å²) in [7, 11) is 0.736. The van der Waals surface area contributed by atoms with E-state index in [0.717, 1.165) is 6.54 Å². The van der Waals surface area contributed by atoms with Crippen LogP contribution in [-0.4, -0.2) is 41.8 Å². The first-order valence-corrected chi connectivity index (χ1v) is 10.6. The Morgan fingerprint density at radius 1 is 1.23 bits per heavy atom. The molecule has 0 rings (SSSR count). The minimum absolute atomic E-state index is 1.08. The van der Waals surface area contributed by atoms with Gasteiger partial charge in [-0.15, -0.1) is 0 Å². The van der Waals surface area contributed by atoms with E-state index >= 15 is 0 Å². The second kappa shape index (κ2) is 4.70. The molecule has 80 valence electrons. The van der Waals surface area contributed by atoms with Crippen LogP contribution in [0.15, 0.2) is 0 Å². The Morgan fingerprint density at radius 3 is 1.77 bits per heavy atom. The molecule has 0 spiro atoms. The predicted octanol–water partition coefficient (Wildman–Crippen LogP) is 1.58. The summed E-state index contributed by atoms with van der Waals surface area (Å²) in [6, 6.07) is 0. The summed E-state index contributed by atoms with van der Waals surface area (Å²) in [6.45, 7) is 12.6. The third-order valence-corrected chi connectivity index (χ3v) is 10.8. The van der Waals surface area contributed by atoms with Crippen molar-refractivity contribution >= 4 is 16.9 Å². The minimum Gasteiger partial charge on any atom is -0.395 e. The van der Waals surface area contributed by atoms with Gasteiger partial charge < -0.3 is 13.6 Å². The SMILES string of the molecule is CCN([Si](C)(C)C)[Si](C)(NC)OC. The zero-order valence-electron chi connectivity index (χ0n) is 10.1. The summed E-state index contributed by atoms with van der Waals surface area (Å²) >= 11 is 0. The summed E-state index contributed by atoms with van der Waals surface area (Å²) in [5.74, 6) is 0. The number of hydrogen-bond acceptors (Lipinski definition) is 3. The fraction of sp³-hybridized carbons (Fsp3) is 1.00. The van der Waals surface area contributed by atoms with Crippen LogP contribution in [0.3, 0.4) is 0 Å². The van der Waals surface area contributed by atoms with Gasteiger partial charge in [-0.1, -0.05) is 26.6 Å². The molecule has 0 bridgehead atoms. The van der Waals surface area contributed by atoms with Gasteiger partial charge in [0.25, 0.3) is 0 Å². The van der Waals surface area contributed by atoms with E-state index in [1.807, 2.05) is 14.2 Å². The second-order valence-corrected chi connectivity index (χ2v) is 13.1. The molecule has 0 aromatic rings. The monoisotopic (exact) mass is 220 g/mol.